The molecule has 7 nitrogen and oxygen atoms in total. The predicted molar refractivity (Wildman–Crippen MR) is 90.8 cm³/mol. The van der Waals surface area contributed by atoms with Crippen molar-refractivity contribution in [2.45, 2.75) is 31.8 Å². The number of aliphatic hydroxyl groups is 1. The average molecular weight is 343 g/mol. The van der Waals surface area contributed by atoms with Crippen LogP contribution >= 0.6 is 0 Å². The zero-order chi connectivity index (χ0) is 17.8. The molecule has 0 spiro atoms. The molecule has 1 fully saturated rings. The van der Waals surface area contributed by atoms with E-state index in [4.69, 9.17) is 5.11 Å². The lowest BCUT2D eigenvalue weighted by Gasteiger charge is -2.16. The van der Waals surface area contributed by atoms with Crippen LogP contribution < -0.4 is 0 Å². The molecule has 0 unspecified atom stereocenters. The van der Waals surface area contributed by atoms with Crippen LogP contribution in [0.5, 0.6) is 0 Å². The minimum absolute atomic E-state index is 0.0137. The molecule has 7 heteroatoms. The fourth-order valence-corrected chi connectivity index (χ4v) is 3.29. The Morgan fingerprint density at radius 1 is 1.16 bits per heavy atom. The summed E-state index contributed by atoms with van der Waals surface area (Å²) in [6.45, 7) is 0.775. The summed E-state index contributed by atoms with van der Waals surface area (Å²) in [6, 6.07) is 5.63. The topological polar surface area (TPSA) is 104 Å². The summed E-state index contributed by atoms with van der Waals surface area (Å²) in [7, 11) is 0. The highest BCUT2D eigenvalue weighted by Crippen LogP contribution is 2.25. The number of carboxylic acids is 1. The van der Waals surface area contributed by atoms with Crippen molar-refractivity contribution in [2.75, 3.05) is 13.1 Å². The van der Waals surface area contributed by atoms with Gasteiger partial charge in [-0.05, 0) is 36.6 Å². The van der Waals surface area contributed by atoms with Crippen LogP contribution in [0.2, 0.25) is 0 Å². The van der Waals surface area contributed by atoms with Crippen LogP contribution in [0.4, 0.5) is 0 Å². The smallest absolute Gasteiger partial charge is 0.303 e. The second-order valence-corrected chi connectivity index (χ2v) is 6.42. The van der Waals surface area contributed by atoms with Crippen molar-refractivity contribution in [1.82, 2.24) is 14.9 Å². The lowest BCUT2D eigenvalue weighted by atomic mass is 9.96. The summed E-state index contributed by atoms with van der Waals surface area (Å²) in [5.41, 5.74) is 2.65. The fourth-order valence-electron chi connectivity index (χ4n) is 3.29. The van der Waals surface area contributed by atoms with Gasteiger partial charge in [-0.25, -0.2) is 0 Å². The minimum atomic E-state index is -0.899. The van der Waals surface area contributed by atoms with Crippen molar-refractivity contribution < 1.29 is 19.8 Å². The zero-order valence-electron chi connectivity index (χ0n) is 13.8. The van der Waals surface area contributed by atoms with Crippen LogP contribution in [-0.2, 0) is 16.0 Å². The molecule has 0 saturated carbocycles. The summed E-state index contributed by atoms with van der Waals surface area (Å²) in [5.74, 6) is -1.05. The molecule has 132 valence electrons. The summed E-state index contributed by atoms with van der Waals surface area (Å²) in [5, 5.41) is 19.0. The molecule has 3 rings (SSSR count). The Morgan fingerprint density at radius 3 is 2.80 bits per heavy atom. The molecule has 2 aromatic rings. The molecule has 0 aliphatic carbocycles. The van der Waals surface area contributed by atoms with Gasteiger partial charge in [0.2, 0.25) is 5.91 Å². The van der Waals surface area contributed by atoms with Gasteiger partial charge in [0.15, 0.2) is 0 Å². The molecule has 2 aromatic heterocycles. The molecule has 25 heavy (non-hydrogen) atoms. The van der Waals surface area contributed by atoms with E-state index in [1.165, 1.54) is 0 Å². The summed E-state index contributed by atoms with van der Waals surface area (Å²) < 4.78 is 0. The number of rotatable bonds is 6. The molecule has 1 amide bonds. The Hall–Kier alpha value is -2.54. The average Bonchev–Trinajstić information content (AvgIpc) is 2.96. The van der Waals surface area contributed by atoms with Gasteiger partial charge < -0.3 is 15.1 Å². The van der Waals surface area contributed by atoms with E-state index in [1.54, 1.807) is 17.3 Å². The van der Waals surface area contributed by atoms with Gasteiger partial charge in [-0.3, -0.25) is 19.6 Å². The molecule has 0 radical (unpaired) electrons. The summed E-state index contributed by atoms with van der Waals surface area (Å²) in [4.78, 5) is 33.0. The lowest BCUT2D eigenvalue weighted by molar-refractivity contribution is -0.137. The maximum atomic E-state index is 12.2. The van der Waals surface area contributed by atoms with Gasteiger partial charge in [0.25, 0.3) is 0 Å². The normalized spacial score (nSPS) is 20.1. The molecule has 0 aromatic carbocycles. The van der Waals surface area contributed by atoms with E-state index >= 15 is 0 Å². The van der Waals surface area contributed by atoms with E-state index in [2.05, 4.69) is 9.97 Å². The highest BCUT2D eigenvalue weighted by atomic mass is 16.4. The quantitative estimate of drug-likeness (QED) is 0.818. The first-order valence-electron chi connectivity index (χ1n) is 8.41. The Balaban J connectivity index is 1.64. The van der Waals surface area contributed by atoms with Crippen molar-refractivity contribution in [3.05, 3.63) is 36.2 Å². The van der Waals surface area contributed by atoms with Crippen molar-refractivity contribution in [3.8, 4) is 0 Å². The molecule has 0 bridgehead atoms. The van der Waals surface area contributed by atoms with Gasteiger partial charge in [-0.15, -0.1) is 0 Å². The van der Waals surface area contributed by atoms with Gasteiger partial charge in [0.05, 0.1) is 17.1 Å². The lowest BCUT2D eigenvalue weighted by Crippen LogP contribution is -2.29. The Labute approximate surface area is 145 Å². The molecular formula is C18H21N3O4. The van der Waals surface area contributed by atoms with Crippen LogP contribution in [0.3, 0.4) is 0 Å². The first-order valence-corrected chi connectivity index (χ1v) is 8.41. The third-order valence-corrected chi connectivity index (χ3v) is 4.60. The van der Waals surface area contributed by atoms with Crippen molar-refractivity contribution >= 4 is 22.9 Å². The number of carboxylic acid groups (broad SMARTS) is 1. The first kappa shape index (κ1) is 17.3. The molecular weight excluding hydrogens is 322 g/mol. The number of β-amino-alcohol motifs (C(OH)–C–C–N with tert-alkyl or cyclic N) is 1. The van der Waals surface area contributed by atoms with E-state index in [1.807, 2.05) is 18.2 Å². The summed E-state index contributed by atoms with van der Waals surface area (Å²) >= 11 is 0. The third-order valence-electron chi connectivity index (χ3n) is 4.60. The second-order valence-electron chi connectivity index (χ2n) is 6.42. The van der Waals surface area contributed by atoms with Crippen molar-refractivity contribution in [1.29, 1.82) is 0 Å². The van der Waals surface area contributed by atoms with Gasteiger partial charge in [0.1, 0.15) is 0 Å². The van der Waals surface area contributed by atoms with Gasteiger partial charge in [-0.1, -0.05) is 0 Å². The number of amides is 1. The van der Waals surface area contributed by atoms with Crippen LogP contribution in [0.25, 0.3) is 11.0 Å². The van der Waals surface area contributed by atoms with Gasteiger partial charge in [-0.2, -0.15) is 0 Å². The standard InChI is InChI=1S/C18H21N3O4/c22-15-11-21(16(23)4-1-5-17(24)25)10-13(15)9-12-6-8-19-14-3-2-7-20-18(12)14/h2-3,6-8,13,15,22H,1,4-5,9-11H2,(H,24,25)/t13-,15+/m0/s1. The van der Waals surface area contributed by atoms with Crippen LogP contribution in [0, 0.1) is 5.92 Å². The number of aromatic nitrogens is 2. The number of carbonyl (C=O) groups excluding carboxylic acids is 1. The number of likely N-dealkylation sites (tertiary alicyclic amines) is 1. The molecule has 2 atom stereocenters. The Morgan fingerprint density at radius 2 is 2.00 bits per heavy atom. The number of nitrogens with zero attached hydrogens (tertiary/aromatic N) is 3. The summed E-state index contributed by atoms with van der Waals surface area (Å²) in [6.07, 6.45) is 3.99. The number of fused-ring (bicyclic) bond motifs is 1. The van der Waals surface area contributed by atoms with Crippen molar-refractivity contribution in [3.63, 3.8) is 0 Å². The SMILES string of the molecule is O=C(O)CCCC(=O)N1C[C@H](Cc2ccnc3cccnc23)[C@H](O)C1. The van der Waals surface area contributed by atoms with Crippen LogP contribution in [-0.4, -0.2) is 56.2 Å². The highest BCUT2D eigenvalue weighted by molar-refractivity contribution is 5.78. The largest absolute Gasteiger partial charge is 0.481 e. The first-order chi connectivity index (χ1) is 12.0. The van der Waals surface area contributed by atoms with E-state index in [0.717, 1.165) is 16.6 Å². The van der Waals surface area contributed by atoms with Gasteiger partial charge in [0, 0.05) is 44.2 Å². The minimum Gasteiger partial charge on any atom is -0.481 e. The Kier molecular flexibility index (Phi) is 5.23. The maximum absolute atomic E-state index is 12.2. The number of hydrogen-bond acceptors (Lipinski definition) is 5. The molecule has 3 heterocycles. The van der Waals surface area contributed by atoms with E-state index < -0.39 is 12.1 Å². The fraction of sp³-hybridized carbons (Fsp3) is 0.444. The Bertz CT molecular complexity index is 775. The van der Waals surface area contributed by atoms with Crippen LogP contribution in [0.1, 0.15) is 24.8 Å². The van der Waals surface area contributed by atoms with E-state index in [9.17, 15) is 14.7 Å². The van der Waals surface area contributed by atoms with Crippen molar-refractivity contribution in [2.24, 2.45) is 5.92 Å². The molecule has 1 saturated heterocycles. The maximum Gasteiger partial charge on any atom is 0.303 e. The molecule has 1 aliphatic rings. The highest BCUT2D eigenvalue weighted by Gasteiger charge is 2.34. The number of pyridine rings is 2. The number of aliphatic carboxylic acids is 1. The van der Waals surface area contributed by atoms with E-state index in [-0.39, 0.29) is 24.7 Å². The molecule has 1 aliphatic heterocycles. The van der Waals surface area contributed by atoms with E-state index in [0.29, 0.717) is 25.9 Å². The van der Waals surface area contributed by atoms with Crippen LogP contribution in [0.15, 0.2) is 30.6 Å². The molecule has 2 N–H and O–H groups in total. The number of hydrogen-bond donors (Lipinski definition) is 2. The monoisotopic (exact) mass is 343 g/mol. The number of aliphatic hydroxyl groups excluding tert-OH is 1. The predicted octanol–water partition coefficient (Wildman–Crippen LogP) is 1.25. The number of carbonyl (C=O) groups is 2. The third kappa shape index (κ3) is 4.11. The second kappa shape index (κ2) is 7.57. The van der Waals surface area contributed by atoms with Gasteiger partial charge >= 0.3 is 5.97 Å². The zero-order valence-corrected chi connectivity index (χ0v) is 13.8.